The first kappa shape index (κ1) is 21.2. The number of amides is 1. The van der Waals surface area contributed by atoms with Crippen molar-refractivity contribution in [2.24, 2.45) is 0 Å². The van der Waals surface area contributed by atoms with Crippen LogP contribution < -0.4 is 10.7 Å². The lowest BCUT2D eigenvalue weighted by molar-refractivity contribution is -0.138. The summed E-state index contributed by atoms with van der Waals surface area (Å²) >= 11 is 0. The first-order valence-corrected chi connectivity index (χ1v) is 8.57. The van der Waals surface area contributed by atoms with Crippen LogP contribution >= 0.6 is 0 Å². The Balaban J connectivity index is 1.91. The molecule has 0 spiro atoms. The van der Waals surface area contributed by atoms with Gasteiger partial charge in [0.25, 0.3) is 5.91 Å². The van der Waals surface area contributed by atoms with Gasteiger partial charge in [-0.1, -0.05) is 18.2 Å². The molecule has 1 amide bonds. The lowest BCUT2D eigenvalue weighted by Crippen LogP contribution is -2.32. The second kappa shape index (κ2) is 8.05. The monoisotopic (exact) mass is 423 g/mol. The molecule has 1 heterocycles. The first-order chi connectivity index (χ1) is 14.1. The van der Waals surface area contributed by atoms with Crippen LogP contribution in [-0.4, -0.2) is 15.7 Å². The maximum atomic E-state index is 14.1. The first-order valence-electron chi connectivity index (χ1n) is 8.57. The number of nitrogens with zero attached hydrogens (tertiary/aromatic N) is 2. The third kappa shape index (κ3) is 4.37. The van der Waals surface area contributed by atoms with E-state index in [4.69, 9.17) is 0 Å². The number of para-hydroxylation sites is 1. The molecule has 0 saturated heterocycles. The zero-order valence-corrected chi connectivity index (χ0v) is 15.4. The normalized spacial score (nSPS) is 11.4. The maximum absolute atomic E-state index is 14.1. The third-order valence-electron chi connectivity index (χ3n) is 4.22. The zero-order chi connectivity index (χ0) is 22.1. The average molecular weight is 423 g/mol. The van der Waals surface area contributed by atoms with Crippen molar-refractivity contribution in [2.75, 3.05) is 0 Å². The molecule has 0 aliphatic carbocycles. The molecule has 3 aromatic rings. The minimum atomic E-state index is -4.83. The number of halogens is 5. The minimum Gasteiger partial charge on any atom is -0.346 e. The Bertz CT molecular complexity index is 1170. The van der Waals surface area contributed by atoms with Gasteiger partial charge in [-0.15, -0.1) is 0 Å². The van der Waals surface area contributed by atoms with E-state index >= 15 is 0 Å². The van der Waals surface area contributed by atoms with Crippen molar-refractivity contribution < 1.29 is 26.7 Å². The van der Waals surface area contributed by atoms with Crippen LogP contribution in [0.25, 0.3) is 5.69 Å². The van der Waals surface area contributed by atoms with Gasteiger partial charge >= 0.3 is 6.18 Å². The fraction of sp³-hybridized carbons (Fsp3) is 0.150. The quantitative estimate of drug-likeness (QED) is 0.650. The van der Waals surface area contributed by atoms with Crippen LogP contribution in [0.4, 0.5) is 22.0 Å². The van der Waals surface area contributed by atoms with Crippen molar-refractivity contribution in [1.82, 2.24) is 15.1 Å². The minimum absolute atomic E-state index is 0.0121. The van der Waals surface area contributed by atoms with Gasteiger partial charge in [-0.25, -0.2) is 13.5 Å². The summed E-state index contributed by atoms with van der Waals surface area (Å²) in [5.41, 5.74) is -2.81. The Labute approximate surface area is 166 Å². The Morgan fingerprint density at radius 1 is 1.10 bits per heavy atom. The Hall–Kier alpha value is -3.56. The molecule has 1 N–H and O–H groups in total. The van der Waals surface area contributed by atoms with E-state index in [1.54, 1.807) is 0 Å². The SMILES string of the molecule is Cc1cc(=O)c(C(=O)NCc2ccc(F)cc2C(F)(F)F)nn1-c1ccccc1F. The average Bonchev–Trinajstić information content (AvgIpc) is 2.67. The molecule has 3 rings (SSSR count). The number of hydrogen-bond acceptors (Lipinski definition) is 3. The number of nitrogens with one attached hydrogen (secondary N) is 1. The number of aromatic nitrogens is 2. The maximum Gasteiger partial charge on any atom is 0.416 e. The van der Waals surface area contributed by atoms with Gasteiger partial charge in [0, 0.05) is 18.3 Å². The second-order valence-corrected chi connectivity index (χ2v) is 6.34. The number of rotatable bonds is 4. The van der Waals surface area contributed by atoms with Crippen LogP contribution in [0.3, 0.4) is 0 Å². The van der Waals surface area contributed by atoms with Crippen LogP contribution in [0.15, 0.2) is 53.3 Å². The van der Waals surface area contributed by atoms with Gasteiger partial charge in [0.1, 0.15) is 17.3 Å². The van der Waals surface area contributed by atoms with E-state index in [0.29, 0.717) is 6.07 Å². The van der Waals surface area contributed by atoms with Crippen molar-refractivity contribution in [3.8, 4) is 5.69 Å². The summed E-state index contributed by atoms with van der Waals surface area (Å²) in [5.74, 6) is -2.78. The third-order valence-corrected chi connectivity index (χ3v) is 4.22. The van der Waals surface area contributed by atoms with E-state index in [2.05, 4.69) is 10.4 Å². The molecular formula is C20H14F5N3O2. The van der Waals surface area contributed by atoms with Gasteiger partial charge in [0.15, 0.2) is 5.69 Å². The number of benzene rings is 2. The van der Waals surface area contributed by atoms with Gasteiger partial charge in [-0.3, -0.25) is 9.59 Å². The van der Waals surface area contributed by atoms with E-state index in [1.807, 2.05) is 0 Å². The summed E-state index contributed by atoms with van der Waals surface area (Å²) in [7, 11) is 0. The van der Waals surface area contributed by atoms with Crippen LogP contribution in [0.1, 0.15) is 27.3 Å². The van der Waals surface area contributed by atoms with Crippen LogP contribution in [0.2, 0.25) is 0 Å². The summed E-state index contributed by atoms with van der Waals surface area (Å²) in [6.45, 7) is 0.860. The number of carbonyl (C=O) groups excluding carboxylic acids is 1. The van der Waals surface area contributed by atoms with Crippen molar-refractivity contribution in [3.05, 3.63) is 92.9 Å². The summed E-state index contributed by atoms with van der Waals surface area (Å²) in [5, 5.41) is 6.04. The number of carbonyl (C=O) groups is 1. The summed E-state index contributed by atoms with van der Waals surface area (Å²) in [6.07, 6.45) is -4.83. The molecule has 0 bridgehead atoms. The van der Waals surface area contributed by atoms with Gasteiger partial charge in [-0.05, 0) is 36.8 Å². The van der Waals surface area contributed by atoms with E-state index in [1.165, 1.54) is 31.2 Å². The number of aryl methyl sites for hydroxylation is 1. The molecule has 0 saturated carbocycles. The summed E-state index contributed by atoms with van der Waals surface area (Å²) < 4.78 is 67.6. The standard InChI is InChI=1S/C20H14F5N3O2/c1-11-8-17(29)18(27-28(11)16-5-3-2-4-15(16)22)19(30)26-10-12-6-7-13(21)9-14(12)20(23,24)25/h2-9H,10H2,1H3,(H,26,30). The smallest absolute Gasteiger partial charge is 0.346 e. The van der Waals surface area contributed by atoms with Crippen molar-refractivity contribution >= 4 is 5.91 Å². The largest absolute Gasteiger partial charge is 0.416 e. The van der Waals surface area contributed by atoms with Gasteiger partial charge in [0.05, 0.1) is 5.56 Å². The topological polar surface area (TPSA) is 64.0 Å². The van der Waals surface area contributed by atoms with E-state index < -0.39 is 52.5 Å². The zero-order valence-electron chi connectivity index (χ0n) is 15.4. The molecule has 1 aromatic heterocycles. The highest BCUT2D eigenvalue weighted by molar-refractivity contribution is 5.92. The van der Waals surface area contributed by atoms with Crippen LogP contribution in [0.5, 0.6) is 0 Å². The molecule has 5 nitrogen and oxygen atoms in total. The summed E-state index contributed by atoms with van der Waals surface area (Å²) in [4.78, 5) is 24.6. The fourth-order valence-corrected chi connectivity index (χ4v) is 2.80. The van der Waals surface area contributed by atoms with Crippen molar-refractivity contribution in [2.45, 2.75) is 19.6 Å². The van der Waals surface area contributed by atoms with Crippen LogP contribution in [-0.2, 0) is 12.7 Å². The number of hydrogen-bond donors (Lipinski definition) is 1. The molecule has 0 unspecified atom stereocenters. The molecule has 30 heavy (non-hydrogen) atoms. The molecule has 0 radical (unpaired) electrons. The van der Waals surface area contributed by atoms with Gasteiger partial charge < -0.3 is 5.32 Å². The Morgan fingerprint density at radius 3 is 2.47 bits per heavy atom. The highest BCUT2D eigenvalue weighted by Gasteiger charge is 2.33. The molecule has 0 fully saturated rings. The highest BCUT2D eigenvalue weighted by Crippen LogP contribution is 2.32. The van der Waals surface area contributed by atoms with Crippen molar-refractivity contribution in [1.29, 1.82) is 0 Å². The lowest BCUT2D eigenvalue weighted by atomic mass is 10.1. The Kier molecular flexibility index (Phi) is 5.68. The molecule has 0 aliphatic heterocycles. The molecule has 156 valence electrons. The van der Waals surface area contributed by atoms with Gasteiger partial charge in [-0.2, -0.15) is 18.3 Å². The summed E-state index contributed by atoms with van der Waals surface area (Å²) in [6, 6.07) is 8.63. The molecule has 2 aromatic carbocycles. The van der Waals surface area contributed by atoms with Crippen LogP contribution in [0, 0.1) is 18.6 Å². The van der Waals surface area contributed by atoms with Crippen molar-refractivity contribution in [3.63, 3.8) is 0 Å². The van der Waals surface area contributed by atoms with E-state index in [0.717, 1.165) is 22.9 Å². The number of alkyl halides is 3. The second-order valence-electron chi connectivity index (χ2n) is 6.34. The van der Waals surface area contributed by atoms with E-state index in [-0.39, 0.29) is 11.4 Å². The molecule has 0 aliphatic rings. The highest BCUT2D eigenvalue weighted by atomic mass is 19.4. The molecular weight excluding hydrogens is 409 g/mol. The molecule has 10 heteroatoms. The molecule has 0 atom stereocenters. The fourth-order valence-electron chi connectivity index (χ4n) is 2.80. The lowest BCUT2D eigenvalue weighted by Gasteiger charge is -2.14. The van der Waals surface area contributed by atoms with E-state index in [9.17, 15) is 31.5 Å². The van der Waals surface area contributed by atoms with Gasteiger partial charge in [0.2, 0.25) is 5.43 Å². The predicted molar refractivity (Wildman–Crippen MR) is 97.1 cm³/mol. The Morgan fingerprint density at radius 2 is 1.80 bits per heavy atom. The predicted octanol–water partition coefficient (Wildman–Crippen LogP) is 3.77.